The Morgan fingerprint density at radius 1 is 1.05 bits per heavy atom. The molecule has 0 spiro atoms. The van der Waals surface area contributed by atoms with Crippen molar-refractivity contribution in [3.63, 3.8) is 0 Å². The minimum Gasteiger partial charge on any atom is -0.493 e. The lowest BCUT2D eigenvalue weighted by molar-refractivity contribution is -0.137. The number of aromatic nitrogens is 2. The van der Waals surface area contributed by atoms with Crippen LogP contribution in [0.1, 0.15) is 66.0 Å². The summed E-state index contributed by atoms with van der Waals surface area (Å²) < 4.78 is 28.0. The molecule has 3 aliphatic heterocycles. The average molecular weight is 846 g/mol. The highest BCUT2D eigenvalue weighted by Crippen LogP contribution is 2.36. The molecule has 3 N–H and O–H groups in total. The van der Waals surface area contributed by atoms with E-state index in [4.69, 9.17) is 14.5 Å². The van der Waals surface area contributed by atoms with Gasteiger partial charge in [-0.2, -0.15) is 0 Å². The Hall–Kier alpha value is -5.35. The number of ether oxygens (including phenoxy) is 2. The molecule has 3 aromatic carbocycles. The summed E-state index contributed by atoms with van der Waals surface area (Å²) in [5.41, 5.74) is 2.75. The number of carbonyl (C=O) groups excluding carboxylic acids is 4. The SMILES string of the molecule is COc1cc2c(N[C@H](C)c3cccc(Br)c3)nc(C)nc2cc1OCCCCN1CCN(C(=O)CNc2cc3c(cc2F)C(=O)N(C2CCC(=O)NC2=O)C3)CC1. The predicted molar refractivity (Wildman–Crippen MR) is 216 cm³/mol. The molecule has 0 aliphatic carbocycles. The van der Waals surface area contributed by atoms with Gasteiger partial charge in [0.05, 0.1) is 37.5 Å². The number of benzene rings is 3. The number of hydrogen-bond acceptors (Lipinski definition) is 11. The molecule has 16 heteroatoms. The number of rotatable bonds is 14. The molecule has 3 aliphatic rings. The van der Waals surface area contributed by atoms with Crippen molar-refractivity contribution in [2.24, 2.45) is 0 Å². The van der Waals surface area contributed by atoms with Crippen LogP contribution in [0.25, 0.3) is 10.9 Å². The lowest BCUT2D eigenvalue weighted by Gasteiger charge is -2.34. The Bertz CT molecular complexity index is 2200. The van der Waals surface area contributed by atoms with Gasteiger partial charge in [0.15, 0.2) is 11.5 Å². The van der Waals surface area contributed by atoms with Crippen molar-refractivity contribution >= 4 is 62.0 Å². The second kappa shape index (κ2) is 17.4. The zero-order valence-corrected chi connectivity index (χ0v) is 33.8. The Kier molecular flexibility index (Phi) is 12.2. The minimum absolute atomic E-state index is 0.00786. The van der Waals surface area contributed by atoms with Gasteiger partial charge in [-0.3, -0.25) is 29.4 Å². The van der Waals surface area contributed by atoms with Crippen LogP contribution in [0.15, 0.2) is 53.0 Å². The monoisotopic (exact) mass is 844 g/mol. The molecule has 4 aromatic rings. The first-order chi connectivity index (χ1) is 27.5. The summed E-state index contributed by atoms with van der Waals surface area (Å²) in [4.78, 5) is 64.8. The highest BCUT2D eigenvalue weighted by atomic mass is 79.9. The molecule has 57 heavy (non-hydrogen) atoms. The van der Waals surface area contributed by atoms with Crippen LogP contribution < -0.4 is 25.4 Å². The van der Waals surface area contributed by atoms with Crippen LogP contribution >= 0.6 is 15.9 Å². The van der Waals surface area contributed by atoms with Gasteiger partial charge in [-0.25, -0.2) is 14.4 Å². The van der Waals surface area contributed by atoms with E-state index in [0.29, 0.717) is 42.6 Å². The maximum atomic E-state index is 15.0. The first kappa shape index (κ1) is 39.9. The molecule has 2 saturated heterocycles. The number of hydrogen-bond donors (Lipinski definition) is 3. The third-order valence-corrected chi connectivity index (χ3v) is 11.2. The fourth-order valence-electron chi connectivity index (χ4n) is 7.55. The second-order valence-corrected chi connectivity index (χ2v) is 15.5. The van der Waals surface area contributed by atoms with Crippen LogP contribution in [-0.2, 0) is 20.9 Å². The zero-order valence-electron chi connectivity index (χ0n) is 32.2. The van der Waals surface area contributed by atoms with Crippen molar-refractivity contribution in [2.75, 3.05) is 63.6 Å². The van der Waals surface area contributed by atoms with Crippen LogP contribution in [0.2, 0.25) is 0 Å². The summed E-state index contributed by atoms with van der Waals surface area (Å²) in [6, 6.07) is 13.9. The molecule has 1 unspecified atom stereocenters. The lowest BCUT2D eigenvalue weighted by atomic mass is 10.0. The highest BCUT2D eigenvalue weighted by Gasteiger charge is 2.39. The molecule has 0 radical (unpaired) electrons. The summed E-state index contributed by atoms with van der Waals surface area (Å²) in [7, 11) is 1.62. The van der Waals surface area contributed by atoms with Crippen LogP contribution in [0.3, 0.4) is 0 Å². The molecule has 14 nitrogen and oxygen atoms in total. The number of piperidine rings is 1. The lowest BCUT2D eigenvalue weighted by Crippen LogP contribution is -2.52. The Morgan fingerprint density at radius 2 is 1.86 bits per heavy atom. The fourth-order valence-corrected chi connectivity index (χ4v) is 7.96. The van der Waals surface area contributed by atoms with Crippen molar-refractivity contribution in [3.8, 4) is 11.5 Å². The van der Waals surface area contributed by atoms with Gasteiger partial charge in [-0.05, 0) is 81.1 Å². The smallest absolute Gasteiger partial charge is 0.255 e. The van der Waals surface area contributed by atoms with Gasteiger partial charge >= 0.3 is 0 Å². The van der Waals surface area contributed by atoms with E-state index in [1.54, 1.807) is 12.0 Å². The van der Waals surface area contributed by atoms with Gasteiger partial charge in [0, 0.05) is 60.6 Å². The Morgan fingerprint density at radius 3 is 2.61 bits per heavy atom. The summed E-state index contributed by atoms with van der Waals surface area (Å²) in [5, 5.41) is 9.55. The predicted octanol–water partition coefficient (Wildman–Crippen LogP) is 5.20. The van der Waals surface area contributed by atoms with Crippen LogP contribution in [0.5, 0.6) is 11.5 Å². The number of piperazine rings is 1. The average Bonchev–Trinajstić information content (AvgIpc) is 3.50. The number of methoxy groups -OCH3 is 1. The van der Waals surface area contributed by atoms with Gasteiger partial charge in [0.25, 0.3) is 5.91 Å². The van der Waals surface area contributed by atoms with E-state index < -0.39 is 23.7 Å². The van der Waals surface area contributed by atoms with E-state index in [1.165, 1.54) is 11.0 Å². The number of anilines is 2. The molecular weight excluding hydrogens is 799 g/mol. The topological polar surface area (TPSA) is 158 Å². The van der Waals surface area contributed by atoms with E-state index in [9.17, 15) is 19.2 Å². The Balaban J connectivity index is 0.848. The zero-order chi connectivity index (χ0) is 40.2. The third-order valence-electron chi connectivity index (χ3n) is 10.7. The number of imide groups is 1. The summed E-state index contributed by atoms with van der Waals surface area (Å²) in [6.07, 6.45) is 2.10. The first-order valence-corrected chi connectivity index (χ1v) is 20.0. The molecule has 4 amide bonds. The quantitative estimate of drug-likeness (QED) is 0.113. The molecule has 300 valence electrons. The van der Waals surface area contributed by atoms with Gasteiger partial charge in [-0.15, -0.1) is 0 Å². The van der Waals surface area contributed by atoms with Gasteiger partial charge in [0.2, 0.25) is 17.7 Å². The van der Waals surface area contributed by atoms with Gasteiger partial charge < -0.3 is 29.9 Å². The molecule has 0 bridgehead atoms. The van der Waals surface area contributed by atoms with Gasteiger partial charge in [0.1, 0.15) is 23.5 Å². The van der Waals surface area contributed by atoms with E-state index >= 15 is 4.39 Å². The minimum atomic E-state index is -0.786. The number of nitrogens with one attached hydrogen (secondary N) is 3. The van der Waals surface area contributed by atoms with Gasteiger partial charge in [-0.1, -0.05) is 28.1 Å². The number of aryl methyl sites for hydroxylation is 1. The first-order valence-electron chi connectivity index (χ1n) is 19.2. The number of unbranched alkanes of at least 4 members (excludes halogenated alkanes) is 1. The fraction of sp³-hybridized carbons (Fsp3) is 0.415. The van der Waals surface area contributed by atoms with E-state index in [1.807, 2.05) is 31.2 Å². The highest BCUT2D eigenvalue weighted by molar-refractivity contribution is 9.10. The Labute approximate surface area is 338 Å². The molecule has 2 atom stereocenters. The number of amides is 4. The molecule has 1 aromatic heterocycles. The largest absolute Gasteiger partial charge is 0.493 e. The van der Waals surface area contributed by atoms with Crippen molar-refractivity contribution < 1.29 is 33.0 Å². The maximum absolute atomic E-state index is 15.0. The van der Waals surface area contributed by atoms with Crippen molar-refractivity contribution in [3.05, 3.63) is 81.3 Å². The van der Waals surface area contributed by atoms with Crippen molar-refractivity contribution in [2.45, 2.75) is 58.2 Å². The van der Waals surface area contributed by atoms with Crippen molar-refractivity contribution in [1.82, 2.24) is 30.0 Å². The molecule has 2 fully saturated rings. The standard InChI is InChI=1S/C41H46BrFN8O6/c1-24(26-7-6-8-28(42)17-26)45-39-30-20-35(56-3)36(21-32(30)46-25(2)47-39)57-16-5-4-11-49-12-14-50(15-13-49)38(53)22-44-33-18-27-23-51(41(55)29(27)19-31(33)43)34-9-10-37(52)48-40(34)54/h6-8,17-21,24,34,44H,4-5,9-16,22-23H2,1-3H3,(H,45,46,47)(H,48,52,54)/t24-,34?/m1/s1. The summed E-state index contributed by atoms with van der Waals surface area (Å²) >= 11 is 3.55. The number of carbonyl (C=O) groups is 4. The van der Waals surface area contributed by atoms with Crippen LogP contribution in [-0.4, -0.2) is 107 Å². The van der Waals surface area contributed by atoms with Crippen molar-refractivity contribution in [1.29, 1.82) is 0 Å². The molecule has 0 saturated carbocycles. The van der Waals surface area contributed by atoms with E-state index in [0.717, 1.165) is 65.3 Å². The summed E-state index contributed by atoms with van der Waals surface area (Å²) in [5.74, 6) is 0.454. The third kappa shape index (κ3) is 9.12. The maximum Gasteiger partial charge on any atom is 0.255 e. The number of fused-ring (bicyclic) bond motifs is 2. The summed E-state index contributed by atoms with van der Waals surface area (Å²) in [6.45, 7) is 7.94. The second-order valence-electron chi connectivity index (χ2n) is 14.6. The number of halogens is 2. The molecule has 4 heterocycles. The molecule has 7 rings (SSSR count). The van der Waals surface area contributed by atoms with Crippen LogP contribution in [0.4, 0.5) is 15.9 Å². The van der Waals surface area contributed by atoms with Crippen LogP contribution in [0, 0.1) is 12.7 Å². The van der Waals surface area contributed by atoms with E-state index in [2.05, 4.69) is 60.8 Å². The van der Waals surface area contributed by atoms with E-state index in [-0.39, 0.29) is 55.0 Å². The normalized spacial score (nSPS) is 17.7. The molecular formula is C41H46BrFN8O6. The number of nitrogens with zero attached hydrogens (tertiary/aromatic N) is 5.